The zero-order valence-electron chi connectivity index (χ0n) is 12.7. The third-order valence-corrected chi connectivity index (χ3v) is 3.88. The number of urea groups is 1. The summed E-state index contributed by atoms with van der Waals surface area (Å²) >= 11 is 0. The lowest BCUT2D eigenvalue weighted by atomic mass is 9.98. The van der Waals surface area contributed by atoms with Crippen LogP contribution in [0.4, 0.5) is 4.79 Å². The molecule has 1 fully saturated rings. The second kappa shape index (κ2) is 7.85. The molecule has 1 saturated carbocycles. The number of carboxylic acids is 1. The second-order valence-electron chi connectivity index (χ2n) is 5.60. The van der Waals surface area contributed by atoms with E-state index in [0.717, 1.165) is 19.3 Å². The van der Waals surface area contributed by atoms with Crippen LogP contribution >= 0.6 is 0 Å². The maximum atomic E-state index is 11.8. The summed E-state index contributed by atoms with van der Waals surface area (Å²) in [5.74, 6) is -1.12. The molecule has 1 aliphatic carbocycles. The molecule has 0 heterocycles. The van der Waals surface area contributed by atoms with Gasteiger partial charge in [-0.05, 0) is 26.2 Å². The predicted octanol–water partition coefficient (Wildman–Crippen LogP) is 0.988. The fraction of sp³-hybridized carbons (Fsp3) is 0.786. The molecule has 1 atom stereocenters. The van der Waals surface area contributed by atoms with E-state index in [1.54, 1.807) is 0 Å². The SMILES string of the molecule is CCC(C)NC(=O)CCNC(=O)NC1(C(=O)O)CCCC1. The van der Waals surface area contributed by atoms with Crippen molar-refractivity contribution in [3.8, 4) is 0 Å². The molecular formula is C14H25N3O4. The fourth-order valence-electron chi connectivity index (χ4n) is 2.37. The van der Waals surface area contributed by atoms with Gasteiger partial charge in [-0.2, -0.15) is 0 Å². The van der Waals surface area contributed by atoms with E-state index < -0.39 is 17.5 Å². The van der Waals surface area contributed by atoms with E-state index >= 15 is 0 Å². The van der Waals surface area contributed by atoms with Gasteiger partial charge in [0.15, 0.2) is 0 Å². The van der Waals surface area contributed by atoms with Crippen LogP contribution in [0.15, 0.2) is 0 Å². The first-order valence-corrected chi connectivity index (χ1v) is 7.48. The minimum absolute atomic E-state index is 0.111. The Morgan fingerprint density at radius 3 is 2.38 bits per heavy atom. The summed E-state index contributed by atoms with van der Waals surface area (Å²) < 4.78 is 0. The van der Waals surface area contributed by atoms with E-state index in [9.17, 15) is 19.5 Å². The smallest absolute Gasteiger partial charge is 0.329 e. The Kier molecular flexibility index (Phi) is 6.45. The van der Waals surface area contributed by atoms with Crippen molar-refractivity contribution < 1.29 is 19.5 Å². The molecule has 0 bridgehead atoms. The number of aliphatic carboxylic acids is 1. The van der Waals surface area contributed by atoms with E-state index in [0.29, 0.717) is 12.8 Å². The van der Waals surface area contributed by atoms with E-state index in [4.69, 9.17) is 0 Å². The minimum atomic E-state index is -1.15. The molecule has 1 unspecified atom stereocenters. The van der Waals surface area contributed by atoms with Crippen LogP contribution in [0.3, 0.4) is 0 Å². The molecule has 120 valence electrons. The van der Waals surface area contributed by atoms with E-state index in [2.05, 4.69) is 16.0 Å². The van der Waals surface area contributed by atoms with Gasteiger partial charge >= 0.3 is 12.0 Å². The summed E-state index contributed by atoms with van der Waals surface area (Å²) in [7, 11) is 0. The van der Waals surface area contributed by atoms with Gasteiger partial charge in [0.05, 0.1) is 0 Å². The Hall–Kier alpha value is -1.79. The second-order valence-corrected chi connectivity index (χ2v) is 5.60. The fourth-order valence-corrected chi connectivity index (χ4v) is 2.37. The zero-order chi connectivity index (χ0) is 15.9. The van der Waals surface area contributed by atoms with E-state index in [-0.39, 0.29) is 24.9 Å². The summed E-state index contributed by atoms with van der Waals surface area (Å²) in [6, 6.07) is -0.421. The van der Waals surface area contributed by atoms with Crippen molar-refractivity contribution in [2.24, 2.45) is 0 Å². The molecule has 0 radical (unpaired) electrons. The van der Waals surface area contributed by atoms with Gasteiger partial charge in [0.2, 0.25) is 5.91 Å². The normalized spacial score (nSPS) is 17.8. The van der Waals surface area contributed by atoms with Crippen LogP contribution in [0.1, 0.15) is 52.4 Å². The third-order valence-electron chi connectivity index (χ3n) is 3.88. The molecule has 4 N–H and O–H groups in total. The number of amides is 3. The van der Waals surface area contributed by atoms with Crippen molar-refractivity contribution in [1.82, 2.24) is 16.0 Å². The molecule has 3 amide bonds. The van der Waals surface area contributed by atoms with Crippen LogP contribution in [0, 0.1) is 0 Å². The van der Waals surface area contributed by atoms with E-state index in [1.807, 2.05) is 13.8 Å². The number of nitrogens with one attached hydrogen (secondary N) is 3. The Balaban J connectivity index is 2.31. The predicted molar refractivity (Wildman–Crippen MR) is 77.9 cm³/mol. The van der Waals surface area contributed by atoms with E-state index in [1.165, 1.54) is 0 Å². The lowest BCUT2D eigenvalue weighted by Crippen LogP contribution is -2.55. The lowest BCUT2D eigenvalue weighted by Gasteiger charge is -2.25. The van der Waals surface area contributed by atoms with Crippen LogP contribution in [0.2, 0.25) is 0 Å². The number of carbonyl (C=O) groups excluding carboxylic acids is 2. The first-order chi connectivity index (χ1) is 9.89. The van der Waals surface area contributed by atoms with Crippen LogP contribution in [-0.4, -0.2) is 41.1 Å². The van der Waals surface area contributed by atoms with Crippen molar-refractivity contribution in [2.75, 3.05) is 6.54 Å². The van der Waals surface area contributed by atoms with Gasteiger partial charge in [-0.3, -0.25) is 4.79 Å². The highest BCUT2D eigenvalue weighted by atomic mass is 16.4. The van der Waals surface area contributed by atoms with Gasteiger partial charge < -0.3 is 21.1 Å². The molecule has 1 aliphatic rings. The topological polar surface area (TPSA) is 108 Å². The average Bonchev–Trinajstić information content (AvgIpc) is 2.88. The van der Waals surface area contributed by atoms with Gasteiger partial charge in [0, 0.05) is 19.0 Å². The molecule has 0 aromatic rings. The first-order valence-electron chi connectivity index (χ1n) is 7.48. The van der Waals surface area contributed by atoms with Gasteiger partial charge in [0.1, 0.15) is 5.54 Å². The number of hydrogen-bond donors (Lipinski definition) is 4. The Morgan fingerprint density at radius 1 is 1.24 bits per heavy atom. The van der Waals surface area contributed by atoms with Gasteiger partial charge in [-0.1, -0.05) is 19.8 Å². The number of rotatable bonds is 7. The Labute approximate surface area is 124 Å². The summed E-state index contributed by atoms with van der Waals surface area (Å²) in [6.07, 6.45) is 3.51. The molecule has 0 saturated heterocycles. The van der Waals surface area contributed by atoms with Crippen molar-refractivity contribution in [1.29, 1.82) is 0 Å². The highest BCUT2D eigenvalue weighted by Gasteiger charge is 2.42. The molecular weight excluding hydrogens is 274 g/mol. The summed E-state index contributed by atoms with van der Waals surface area (Å²) in [6.45, 7) is 4.07. The van der Waals surface area contributed by atoms with Crippen LogP contribution in [0.5, 0.6) is 0 Å². The maximum absolute atomic E-state index is 11.8. The van der Waals surface area contributed by atoms with Crippen LogP contribution in [0.25, 0.3) is 0 Å². The molecule has 0 aliphatic heterocycles. The first kappa shape index (κ1) is 17.3. The molecule has 7 nitrogen and oxygen atoms in total. The maximum Gasteiger partial charge on any atom is 0.329 e. The molecule has 0 spiro atoms. The van der Waals surface area contributed by atoms with Gasteiger partial charge in [-0.25, -0.2) is 9.59 Å². The number of carbonyl (C=O) groups is 3. The molecule has 0 aromatic carbocycles. The summed E-state index contributed by atoms with van der Waals surface area (Å²) in [4.78, 5) is 34.6. The molecule has 21 heavy (non-hydrogen) atoms. The van der Waals surface area contributed by atoms with Crippen molar-refractivity contribution >= 4 is 17.9 Å². The Morgan fingerprint density at radius 2 is 1.86 bits per heavy atom. The monoisotopic (exact) mass is 299 g/mol. The highest BCUT2D eigenvalue weighted by Crippen LogP contribution is 2.29. The Bertz CT molecular complexity index is 392. The van der Waals surface area contributed by atoms with Crippen molar-refractivity contribution in [2.45, 2.75) is 64.0 Å². The summed E-state index contributed by atoms with van der Waals surface area (Å²) in [5, 5.41) is 17.1. The van der Waals surface area contributed by atoms with Crippen molar-refractivity contribution in [3.63, 3.8) is 0 Å². The van der Waals surface area contributed by atoms with Gasteiger partial charge in [0.25, 0.3) is 0 Å². The average molecular weight is 299 g/mol. The van der Waals surface area contributed by atoms with Crippen LogP contribution in [-0.2, 0) is 9.59 Å². The number of carboxylic acid groups (broad SMARTS) is 1. The van der Waals surface area contributed by atoms with Crippen molar-refractivity contribution in [3.05, 3.63) is 0 Å². The molecule has 1 rings (SSSR count). The molecule has 7 heteroatoms. The molecule has 0 aromatic heterocycles. The summed E-state index contributed by atoms with van der Waals surface area (Å²) in [5.41, 5.74) is -1.15. The standard InChI is InChI=1S/C14H25N3O4/c1-3-10(2)16-11(18)6-9-15-13(21)17-14(12(19)20)7-4-5-8-14/h10H,3-9H2,1-2H3,(H,16,18)(H,19,20)(H2,15,17,21). The quantitative estimate of drug-likeness (QED) is 0.562. The highest BCUT2D eigenvalue weighted by molar-refractivity contribution is 5.86. The zero-order valence-corrected chi connectivity index (χ0v) is 12.7. The number of hydrogen-bond acceptors (Lipinski definition) is 3. The third kappa shape index (κ3) is 5.24. The minimum Gasteiger partial charge on any atom is -0.480 e. The van der Waals surface area contributed by atoms with Crippen LogP contribution < -0.4 is 16.0 Å². The largest absolute Gasteiger partial charge is 0.480 e. The lowest BCUT2D eigenvalue weighted by molar-refractivity contribution is -0.144. The van der Waals surface area contributed by atoms with Gasteiger partial charge in [-0.15, -0.1) is 0 Å².